The predicted octanol–water partition coefficient (Wildman–Crippen LogP) is 4.38. The molecule has 5 rings (SSSR count). The van der Waals surface area contributed by atoms with Crippen molar-refractivity contribution in [2.75, 3.05) is 23.8 Å². The molecule has 3 heterocycles. The minimum Gasteiger partial charge on any atom is -0.486 e. The van der Waals surface area contributed by atoms with Crippen LogP contribution >= 0.6 is 11.3 Å². The molecular formula is C23H20N4O4S. The molecule has 1 aliphatic rings. The normalized spacial score (nSPS) is 12.6. The molecule has 1 aliphatic heterocycles. The van der Waals surface area contributed by atoms with Crippen molar-refractivity contribution in [3.8, 4) is 17.2 Å². The van der Waals surface area contributed by atoms with Gasteiger partial charge in [0.05, 0.1) is 27.6 Å². The van der Waals surface area contributed by atoms with Gasteiger partial charge < -0.3 is 20.1 Å². The Balaban J connectivity index is 1.49. The number of benzene rings is 2. The van der Waals surface area contributed by atoms with Crippen molar-refractivity contribution < 1.29 is 19.1 Å². The number of para-hydroxylation sites is 1. The maximum absolute atomic E-state index is 13.1. The lowest BCUT2D eigenvalue weighted by Crippen LogP contribution is -2.18. The summed E-state index contributed by atoms with van der Waals surface area (Å²) in [6.07, 6.45) is 0. The van der Waals surface area contributed by atoms with Crippen molar-refractivity contribution in [2.45, 2.75) is 13.8 Å². The van der Waals surface area contributed by atoms with E-state index in [-0.39, 0.29) is 11.8 Å². The second-order valence-electron chi connectivity index (χ2n) is 7.34. The van der Waals surface area contributed by atoms with Crippen LogP contribution in [-0.4, -0.2) is 34.8 Å². The summed E-state index contributed by atoms with van der Waals surface area (Å²) in [4.78, 5) is 26.2. The molecule has 2 N–H and O–H groups in total. The molecular weight excluding hydrogens is 428 g/mol. The standard InChI is InChI=1S/C23H20N4O4S/c1-13-16-10-21(32-23(16)27(26-13)15-6-4-3-5-7-15)22(29)25-18-12-20-19(30-8-9-31-20)11-17(18)24-14(2)28/h3-7,10-12H,8-9H2,1-2H3,(H,24,28)(H,25,29). The van der Waals surface area contributed by atoms with Crippen molar-refractivity contribution in [2.24, 2.45) is 0 Å². The minimum absolute atomic E-state index is 0.252. The highest BCUT2D eigenvalue weighted by atomic mass is 32.1. The molecule has 32 heavy (non-hydrogen) atoms. The van der Waals surface area contributed by atoms with Crippen LogP contribution in [0.5, 0.6) is 11.5 Å². The predicted molar refractivity (Wildman–Crippen MR) is 123 cm³/mol. The van der Waals surface area contributed by atoms with Crippen molar-refractivity contribution in [3.05, 3.63) is 59.1 Å². The van der Waals surface area contributed by atoms with E-state index >= 15 is 0 Å². The van der Waals surface area contributed by atoms with Crippen LogP contribution in [0.2, 0.25) is 0 Å². The van der Waals surface area contributed by atoms with E-state index in [1.165, 1.54) is 18.3 Å². The zero-order chi connectivity index (χ0) is 22.2. The second kappa shape index (κ2) is 8.01. The number of nitrogens with one attached hydrogen (secondary N) is 2. The van der Waals surface area contributed by atoms with Crippen LogP contribution in [-0.2, 0) is 4.79 Å². The highest BCUT2D eigenvalue weighted by molar-refractivity contribution is 7.20. The highest BCUT2D eigenvalue weighted by Gasteiger charge is 2.21. The number of amides is 2. The molecule has 0 saturated carbocycles. The molecule has 4 aromatic rings. The van der Waals surface area contributed by atoms with Gasteiger partial charge in [0.15, 0.2) is 11.5 Å². The van der Waals surface area contributed by atoms with Crippen LogP contribution in [0.1, 0.15) is 22.3 Å². The number of ether oxygens (including phenoxy) is 2. The number of nitrogens with zero attached hydrogens (tertiary/aromatic N) is 2. The molecule has 0 fully saturated rings. The number of aryl methyl sites for hydroxylation is 1. The first-order chi connectivity index (χ1) is 15.5. The topological polar surface area (TPSA) is 94.5 Å². The average Bonchev–Trinajstić information content (AvgIpc) is 3.35. The van der Waals surface area contributed by atoms with E-state index in [0.717, 1.165) is 21.6 Å². The molecule has 0 atom stereocenters. The lowest BCUT2D eigenvalue weighted by Gasteiger charge is -2.21. The van der Waals surface area contributed by atoms with E-state index in [0.29, 0.717) is 41.0 Å². The third kappa shape index (κ3) is 3.67. The average molecular weight is 449 g/mol. The summed E-state index contributed by atoms with van der Waals surface area (Å²) in [6, 6.07) is 15.0. The van der Waals surface area contributed by atoms with Gasteiger partial charge in [-0.1, -0.05) is 18.2 Å². The lowest BCUT2D eigenvalue weighted by atomic mass is 10.2. The molecule has 162 valence electrons. The van der Waals surface area contributed by atoms with E-state index in [9.17, 15) is 9.59 Å². The van der Waals surface area contributed by atoms with Crippen LogP contribution in [0.25, 0.3) is 15.9 Å². The first-order valence-electron chi connectivity index (χ1n) is 10.1. The van der Waals surface area contributed by atoms with E-state index in [1.54, 1.807) is 12.1 Å². The molecule has 2 aromatic carbocycles. The Hall–Kier alpha value is -3.85. The Bertz CT molecular complexity index is 1340. The van der Waals surface area contributed by atoms with E-state index in [2.05, 4.69) is 15.7 Å². The molecule has 0 spiro atoms. The summed E-state index contributed by atoms with van der Waals surface area (Å²) in [5.74, 6) is 0.511. The molecule has 9 heteroatoms. The molecule has 2 amide bonds. The zero-order valence-electron chi connectivity index (χ0n) is 17.5. The SMILES string of the molecule is CC(=O)Nc1cc2c(cc1NC(=O)c1cc3c(C)nn(-c4ccccc4)c3s1)OCCO2. The summed E-state index contributed by atoms with van der Waals surface area (Å²) in [6.45, 7) is 4.18. The minimum atomic E-state index is -0.284. The number of anilines is 2. The van der Waals surface area contributed by atoms with Gasteiger partial charge in [0, 0.05) is 24.4 Å². The molecule has 0 radical (unpaired) electrons. The van der Waals surface area contributed by atoms with Gasteiger partial charge in [-0.05, 0) is 25.1 Å². The van der Waals surface area contributed by atoms with Gasteiger partial charge in [0.25, 0.3) is 5.91 Å². The number of carbonyl (C=O) groups is 2. The third-order valence-corrected chi connectivity index (χ3v) is 6.12. The van der Waals surface area contributed by atoms with Gasteiger partial charge in [-0.25, -0.2) is 4.68 Å². The summed E-state index contributed by atoms with van der Waals surface area (Å²) >= 11 is 1.36. The number of fused-ring (bicyclic) bond motifs is 2. The maximum atomic E-state index is 13.1. The van der Waals surface area contributed by atoms with E-state index in [1.807, 2.05) is 48.0 Å². The molecule has 0 unspecified atom stereocenters. The Morgan fingerprint density at radius 1 is 1.00 bits per heavy atom. The largest absolute Gasteiger partial charge is 0.486 e. The fraction of sp³-hybridized carbons (Fsp3) is 0.174. The molecule has 0 bridgehead atoms. The number of hydrogen-bond donors (Lipinski definition) is 2. The first kappa shape index (κ1) is 20.1. The van der Waals surface area contributed by atoms with Crippen LogP contribution in [0.15, 0.2) is 48.5 Å². The summed E-state index contributed by atoms with van der Waals surface area (Å²) in [5.41, 5.74) is 2.66. The van der Waals surface area contributed by atoms with Gasteiger partial charge in [-0.15, -0.1) is 11.3 Å². The monoisotopic (exact) mass is 448 g/mol. The van der Waals surface area contributed by atoms with Crippen LogP contribution in [0, 0.1) is 6.92 Å². The van der Waals surface area contributed by atoms with Crippen LogP contribution < -0.4 is 20.1 Å². The van der Waals surface area contributed by atoms with Gasteiger partial charge in [-0.3, -0.25) is 9.59 Å². The van der Waals surface area contributed by atoms with Crippen molar-refractivity contribution in [3.63, 3.8) is 0 Å². The Kier molecular flexibility index (Phi) is 5.02. The maximum Gasteiger partial charge on any atom is 0.265 e. The summed E-state index contributed by atoms with van der Waals surface area (Å²) in [7, 11) is 0. The van der Waals surface area contributed by atoms with Gasteiger partial charge in [0.2, 0.25) is 5.91 Å². The lowest BCUT2D eigenvalue weighted by molar-refractivity contribution is -0.114. The zero-order valence-corrected chi connectivity index (χ0v) is 18.3. The Morgan fingerprint density at radius 2 is 1.66 bits per heavy atom. The van der Waals surface area contributed by atoms with E-state index < -0.39 is 0 Å². The molecule has 8 nitrogen and oxygen atoms in total. The highest BCUT2D eigenvalue weighted by Crippen LogP contribution is 2.39. The van der Waals surface area contributed by atoms with Crippen molar-refractivity contribution in [1.29, 1.82) is 0 Å². The van der Waals surface area contributed by atoms with Crippen molar-refractivity contribution >= 4 is 44.7 Å². The number of rotatable bonds is 4. The number of thiophene rings is 1. The number of aromatic nitrogens is 2. The van der Waals surface area contributed by atoms with Crippen LogP contribution in [0.3, 0.4) is 0 Å². The van der Waals surface area contributed by atoms with Crippen molar-refractivity contribution in [1.82, 2.24) is 9.78 Å². The Labute approximate surface area is 187 Å². The molecule has 0 saturated heterocycles. The second-order valence-corrected chi connectivity index (χ2v) is 8.37. The van der Waals surface area contributed by atoms with Gasteiger partial charge in [0.1, 0.15) is 18.0 Å². The van der Waals surface area contributed by atoms with E-state index in [4.69, 9.17) is 9.47 Å². The smallest absolute Gasteiger partial charge is 0.265 e. The third-order valence-electron chi connectivity index (χ3n) is 5.01. The van der Waals surface area contributed by atoms with Crippen LogP contribution in [0.4, 0.5) is 11.4 Å². The quantitative estimate of drug-likeness (QED) is 0.483. The number of carbonyl (C=O) groups excluding carboxylic acids is 2. The molecule has 2 aromatic heterocycles. The first-order valence-corrected chi connectivity index (χ1v) is 10.9. The number of hydrogen-bond acceptors (Lipinski definition) is 6. The Morgan fingerprint density at radius 3 is 2.31 bits per heavy atom. The summed E-state index contributed by atoms with van der Waals surface area (Å²) in [5, 5.41) is 11.2. The van der Waals surface area contributed by atoms with Gasteiger partial charge >= 0.3 is 0 Å². The fourth-order valence-electron chi connectivity index (χ4n) is 3.57. The summed E-state index contributed by atoms with van der Waals surface area (Å²) < 4.78 is 13.1. The molecule has 0 aliphatic carbocycles. The van der Waals surface area contributed by atoms with Gasteiger partial charge in [-0.2, -0.15) is 5.10 Å². The fourth-order valence-corrected chi connectivity index (χ4v) is 4.65.